The lowest BCUT2D eigenvalue weighted by Crippen LogP contribution is -2.33. The van der Waals surface area contributed by atoms with Gasteiger partial charge in [0.05, 0.1) is 5.56 Å². The standard InChI is InChI=1S/C26H30F4N2O4/c1-2-35-23(25(33)34)11-16-3-6-19(7-4-16)36-10-9-31-24-20-14-32(15-21(20)24)13-17-12-18(27)5-8-22(17)26(28,29)30/h3-8,12,20-21,23-24,31H,2,9-11,13-15H2,1H3,(H,33,34)/t20-,21?,23-,24?/m0/s1. The molecule has 2 unspecified atom stereocenters. The lowest BCUT2D eigenvalue weighted by Gasteiger charge is -2.22. The highest BCUT2D eigenvalue weighted by atomic mass is 19.4. The highest BCUT2D eigenvalue weighted by Crippen LogP contribution is 2.46. The first kappa shape index (κ1) is 26.4. The van der Waals surface area contributed by atoms with Gasteiger partial charge in [0.2, 0.25) is 0 Å². The summed E-state index contributed by atoms with van der Waals surface area (Å²) in [6.45, 7) is 4.61. The first-order chi connectivity index (χ1) is 17.2. The van der Waals surface area contributed by atoms with Crippen LogP contribution in [0.25, 0.3) is 0 Å². The van der Waals surface area contributed by atoms with E-state index in [0.717, 1.165) is 23.8 Å². The van der Waals surface area contributed by atoms with Crippen LogP contribution in [0.2, 0.25) is 0 Å². The Balaban J connectivity index is 1.16. The highest BCUT2D eigenvalue weighted by Gasteiger charge is 2.55. The van der Waals surface area contributed by atoms with Gasteiger partial charge in [0.15, 0.2) is 6.10 Å². The fourth-order valence-electron chi connectivity index (χ4n) is 5.01. The number of carboxylic acids is 1. The van der Waals surface area contributed by atoms with Gasteiger partial charge >= 0.3 is 12.1 Å². The third-order valence-electron chi connectivity index (χ3n) is 6.77. The number of carboxylic acid groups (broad SMARTS) is 1. The van der Waals surface area contributed by atoms with Crippen LogP contribution in [0.1, 0.15) is 23.6 Å². The van der Waals surface area contributed by atoms with Gasteiger partial charge in [0.25, 0.3) is 0 Å². The summed E-state index contributed by atoms with van der Waals surface area (Å²) >= 11 is 0. The van der Waals surface area contributed by atoms with E-state index in [4.69, 9.17) is 9.47 Å². The predicted octanol–water partition coefficient (Wildman–Crippen LogP) is 3.98. The van der Waals surface area contributed by atoms with Crippen LogP contribution in [0.5, 0.6) is 5.75 Å². The zero-order valence-corrected chi connectivity index (χ0v) is 19.9. The topological polar surface area (TPSA) is 71.0 Å². The van der Waals surface area contributed by atoms with Gasteiger partial charge in [-0.05, 0) is 60.2 Å². The van der Waals surface area contributed by atoms with Gasteiger partial charge in [-0.25, -0.2) is 9.18 Å². The molecule has 1 saturated carbocycles. The van der Waals surface area contributed by atoms with Crippen LogP contribution in [0.15, 0.2) is 42.5 Å². The smallest absolute Gasteiger partial charge is 0.416 e. The van der Waals surface area contributed by atoms with Crippen molar-refractivity contribution in [1.29, 1.82) is 0 Å². The van der Waals surface area contributed by atoms with Crippen LogP contribution in [0, 0.1) is 17.7 Å². The van der Waals surface area contributed by atoms with Gasteiger partial charge in [-0.3, -0.25) is 4.90 Å². The summed E-state index contributed by atoms with van der Waals surface area (Å²) in [6, 6.07) is 10.2. The number of fused-ring (bicyclic) bond motifs is 1. The molecule has 2 aromatic rings. The molecule has 0 amide bonds. The number of aliphatic carboxylic acids is 1. The number of nitrogens with zero attached hydrogens (tertiary/aromatic N) is 1. The largest absolute Gasteiger partial charge is 0.492 e. The Morgan fingerprint density at radius 2 is 1.86 bits per heavy atom. The number of likely N-dealkylation sites (tertiary alicyclic amines) is 1. The van der Waals surface area contributed by atoms with E-state index in [2.05, 4.69) is 5.32 Å². The number of nitrogens with one attached hydrogen (secondary N) is 1. The van der Waals surface area contributed by atoms with Crippen molar-refractivity contribution in [2.24, 2.45) is 11.8 Å². The zero-order valence-electron chi connectivity index (χ0n) is 19.9. The molecule has 10 heteroatoms. The third kappa shape index (κ3) is 6.54. The fourth-order valence-corrected chi connectivity index (χ4v) is 5.01. The molecular formula is C26H30F4N2O4. The Morgan fingerprint density at radius 3 is 2.47 bits per heavy atom. The van der Waals surface area contributed by atoms with Crippen molar-refractivity contribution in [1.82, 2.24) is 10.2 Å². The average Bonchev–Trinajstić information content (AvgIpc) is 3.26. The number of hydrogen-bond donors (Lipinski definition) is 2. The number of hydrogen-bond acceptors (Lipinski definition) is 5. The molecule has 0 spiro atoms. The minimum Gasteiger partial charge on any atom is -0.492 e. The first-order valence-corrected chi connectivity index (χ1v) is 12.0. The van der Waals surface area contributed by atoms with Crippen LogP contribution in [0.3, 0.4) is 0 Å². The van der Waals surface area contributed by atoms with E-state index in [0.29, 0.717) is 56.5 Å². The SMILES string of the molecule is CCO[C@@H](Cc1ccc(OCCNC2C3CN(Cc4cc(F)ccc4C(F)(F)F)C[C@@H]32)cc1)C(=O)O. The molecule has 0 bridgehead atoms. The number of halogens is 4. The average molecular weight is 511 g/mol. The van der Waals surface area contributed by atoms with E-state index in [1.54, 1.807) is 19.1 Å². The van der Waals surface area contributed by atoms with Crippen molar-refractivity contribution >= 4 is 5.97 Å². The summed E-state index contributed by atoms with van der Waals surface area (Å²) in [6.07, 6.45) is -5.09. The lowest BCUT2D eigenvalue weighted by atomic mass is 10.1. The summed E-state index contributed by atoms with van der Waals surface area (Å²) < 4.78 is 64.2. The molecule has 2 aliphatic rings. The van der Waals surface area contributed by atoms with Crippen molar-refractivity contribution < 1.29 is 36.9 Å². The summed E-state index contributed by atoms with van der Waals surface area (Å²) in [5.41, 5.74) is 0.0432. The van der Waals surface area contributed by atoms with Crippen LogP contribution in [-0.4, -0.2) is 61.0 Å². The molecule has 4 atom stereocenters. The van der Waals surface area contributed by atoms with Crippen LogP contribution >= 0.6 is 0 Å². The molecule has 1 aliphatic heterocycles. The third-order valence-corrected chi connectivity index (χ3v) is 6.77. The van der Waals surface area contributed by atoms with Gasteiger partial charge in [-0.1, -0.05) is 12.1 Å². The summed E-state index contributed by atoms with van der Waals surface area (Å²) in [7, 11) is 0. The van der Waals surface area contributed by atoms with Crippen LogP contribution in [-0.2, 0) is 28.7 Å². The Labute approximate surface area is 207 Å². The van der Waals surface area contributed by atoms with Crippen LogP contribution in [0.4, 0.5) is 17.6 Å². The van der Waals surface area contributed by atoms with Crippen LogP contribution < -0.4 is 10.1 Å². The minimum atomic E-state index is -4.50. The van der Waals surface area contributed by atoms with Crippen molar-refractivity contribution in [2.45, 2.75) is 38.2 Å². The Kier molecular flexibility index (Phi) is 8.17. The minimum absolute atomic E-state index is 0.0240. The van der Waals surface area contributed by atoms with Gasteiger partial charge in [0.1, 0.15) is 18.2 Å². The van der Waals surface area contributed by atoms with Gasteiger partial charge in [0, 0.05) is 45.2 Å². The second-order valence-corrected chi connectivity index (χ2v) is 9.28. The maximum absolute atomic E-state index is 13.5. The second kappa shape index (κ2) is 11.1. The maximum Gasteiger partial charge on any atom is 0.416 e. The number of rotatable bonds is 12. The van der Waals surface area contributed by atoms with Gasteiger partial charge in [-0.15, -0.1) is 0 Å². The fraction of sp³-hybridized carbons (Fsp3) is 0.500. The molecule has 196 valence electrons. The number of alkyl halides is 3. The van der Waals surface area contributed by atoms with E-state index in [9.17, 15) is 27.5 Å². The van der Waals surface area contributed by atoms with E-state index in [-0.39, 0.29) is 18.5 Å². The van der Waals surface area contributed by atoms with Crippen molar-refractivity contribution in [3.8, 4) is 5.75 Å². The molecule has 1 saturated heterocycles. The van der Waals surface area contributed by atoms with E-state index < -0.39 is 29.6 Å². The molecule has 6 nitrogen and oxygen atoms in total. The molecule has 1 aliphatic carbocycles. The van der Waals surface area contributed by atoms with Crippen molar-refractivity contribution in [3.05, 3.63) is 65.0 Å². The van der Waals surface area contributed by atoms with Gasteiger partial charge < -0.3 is 19.9 Å². The molecule has 0 radical (unpaired) electrons. The molecule has 2 fully saturated rings. The second-order valence-electron chi connectivity index (χ2n) is 9.28. The Bertz CT molecular complexity index is 1040. The molecule has 36 heavy (non-hydrogen) atoms. The lowest BCUT2D eigenvalue weighted by molar-refractivity contribution is -0.150. The highest BCUT2D eigenvalue weighted by molar-refractivity contribution is 5.72. The maximum atomic E-state index is 13.5. The van der Waals surface area contributed by atoms with Crippen molar-refractivity contribution in [2.75, 3.05) is 32.8 Å². The molecular weight excluding hydrogens is 480 g/mol. The Morgan fingerprint density at radius 1 is 1.17 bits per heavy atom. The number of ether oxygens (including phenoxy) is 2. The first-order valence-electron chi connectivity index (χ1n) is 12.0. The predicted molar refractivity (Wildman–Crippen MR) is 124 cm³/mol. The molecule has 0 aromatic heterocycles. The summed E-state index contributed by atoms with van der Waals surface area (Å²) in [4.78, 5) is 13.2. The summed E-state index contributed by atoms with van der Waals surface area (Å²) in [5.74, 6) is -0.219. The molecule has 2 N–H and O–H groups in total. The Hall–Kier alpha value is -2.69. The monoisotopic (exact) mass is 510 g/mol. The number of benzene rings is 2. The van der Waals surface area contributed by atoms with Crippen molar-refractivity contribution in [3.63, 3.8) is 0 Å². The van der Waals surface area contributed by atoms with E-state index in [1.165, 1.54) is 0 Å². The molecule has 4 rings (SSSR count). The number of piperidine rings is 1. The normalized spacial score (nSPS) is 22.3. The van der Waals surface area contributed by atoms with E-state index in [1.807, 2.05) is 17.0 Å². The van der Waals surface area contributed by atoms with Gasteiger partial charge in [-0.2, -0.15) is 13.2 Å². The summed E-state index contributed by atoms with van der Waals surface area (Å²) in [5, 5.41) is 12.6. The quantitative estimate of drug-likeness (QED) is 0.333. The molecule has 2 aromatic carbocycles. The molecule has 1 heterocycles. The number of carbonyl (C=O) groups is 1. The zero-order chi connectivity index (χ0) is 25.9. The van der Waals surface area contributed by atoms with E-state index >= 15 is 0 Å².